The summed E-state index contributed by atoms with van der Waals surface area (Å²) >= 11 is 6.64. The molecule has 1 saturated heterocycles. The molecule has 0 aliphatic carbocycles. The van der Waals surface area contributed by atoms with E-state index < -0.39 is 5.97 Å². The summed E-state index contributed by atoms with van der Waals surface area (Å²) in [6, 6.07) is 18.2. The van der Waals surface area contributed by atoms with E-state index in [0.717, 1.165) is 12.0 Å². The van der Waals surface area contributed by atoms with Gasteiger partial charge in [-0.15, -0.1) is 0 Å². The van der Waals surface area contributed by atoms with E-state index in [0.29, 0.717) is 32.9 Å². The third-order valence-corrected chi connectivity index (χ3v) is 6.33. The molecule has 0 unspecified atom stereocenters. The van der Waals surface area contributed by atoms with Crippen LogP contribution >= 0.6 is 24.0 Å². The van der Waals surface area contributed by atoms with Crippen molar-refractivity contribution >= 4 is 46.3 Å². The number of carboxylic acid groups (broad SMARTS) is 1. The zero-order chi connectivity index (χ0) is 22.7. The number of ether oxygens (including phenoxy) is 1. The Labute approximate surface area is 194 Å². The zero-order valence-electron chi connectivity index (χ0n) is 17.1. The highest BCUT2D eigenvalue weighted by molar-refractivity contribution is 8.26. The van der Waals surface area contributed by atoms with Crippen molar-refractivity contribution in [3.05, 3.63) is 82.5 Å². The summed E-state index contributed by atoms with van der Waals surface area (Å²) in [5, 5.41) is 9.38. The molecule has 2 heterocycles. The largest absolute Gasteiger partial charge is 0.496 e. The highest BCUT2D eigenvalue weighted by Crippen LogP contribution is 2.34. The van der Waals surface area contributed by atoms with Crippen LogP contribution in [0.3, 0.4) is 0 Å². The van der Waals surface area contributed by atoms with Gasteiger partial charge in [0, 0.05) is 18.2 Å². The predicted octanol–water partition coefficient (Wildman–Crippen LogP) is 5.10. The second-order valence-electron chi connectivity index (χ2n) is 6.99. The second kappa shape index (κ2) is 9.42. The number of thiocarbonyl (C=S) groups is 1. The van der Waals surface area contributed by atoms with Crippen LogP contribution in [-0.2, 0) is 11.2 Å². The van der Waals surface area contributed by atoms with Crippen molar-refractivity contribution in [2.75, 3.05) is 13.7 Å². The summed E-state index contributed by atoms with van der Waals surface area (Å²) < 4.78 is 11.5. The molecular weight excluding hydrogens is 446 g/mol. The number of thioether (sulfide) groups is 1. The van der Waals surface area contributed by atoms with Crippen LogP contribution in [0, 0.1) is 0 Å². The Morgan fingerprint density at radius 1 is 1.19 bits per heavy atom. The van der Waals surface area contributed by atoms with Crippen molar-refractivity contribution in [1.29, 1.82) is 0 Å². The number of furan rings is 1. The van der Waals surface area contributed by atoms with Gasteiger partial charge in [-0.25, -0.2) is 4.79 Å². The van der Waals surface area contributed by atoms with E-state index in [2.05, 4.69) is 0 Å². The fourth-order valence-electron chi connectivity index (χ4n) is 3.32. The van der Waals surface area contributed by atoms with Gasteiger partial charge in [0.2, 0.25) is 0 Å². The maximum absolute atomic E-state index is 12.8. The number of nitrogens with zero attached hydrogens (tertiary/aromatic N) is 1. The number of hydrogen-bond acceptors (Lipinski definition) is 6. The first-order valence-corrected chi connectivity index (χ1v) is 11.0. The van der Waals surface area contributed by atoms with Crippen molar-refractivity contribution in [3.8, 4) is 17.1 Å². The number of carboxylic acids is 1. The molecule has 0 spiro atoms. The van der Waals surface area contributed by atoms with Gasteiger partial charge in [-0.1, -0.05) is 54.3 Å². The molecule has 1 aliphatic heterocycles. The van der Waals surface area contributed by atoms with Crippen LogP contribution in [0.2, 0.25) is 0 Å². The number of methoxy groups -OCH3 is 1. The molecule has 0 radical (unpaired) electrons. The lowest BCUT2D eigenvalue weighted by molar-refractivity contribution is -0.122. The normalized spacial score (nSPS) is 14.9. The minimum absolute atomic E-state index is 0.0437. The first-order chi connectivity index (χ1) is 15.5. The van der Waals surface area contributed by atoms with Crippen LogP contribution in [0.5, 0.6) is 5.75 Å². The van der Waals surface area contributed by atoms with E-state index in [9.17, 15) is 14.7 Å². The van der Waals surface area contributed by atoms with E-state index >= 15 is 0 Å². The summed E-state index contributed by atoms with van der Waals surface area (Å²) in [5.74, 6) is 0.00515. The van der Waals surface area contributed by atoms with Crippen molar-refractivity contribution in [3.63, 3.8) is 0 Å². The second-order valence-corrected chi connectivity index (χ2v) is 8.67. The lowest BCUT2D eigenvalue weighted by atomic mass is 10.1. The Balaban J connectivity index is 1.51. The average Bonchev–Trinajstić information content (AvgIpc) is 3.37. The Morgan fingerprint density at radius 2 is 1.97 bits per heavy atom. The lowest BCUT2D eigenvalue weighted by Gasteiger charge is -2.14. The van der Waals surface area contributed by atoms with Crippen molar-refractivity contribution in [1.82, 2.24) is 4.90 Å². The molecular formula is C24H19NO5S2. The molecule has 1 fully saturated rings. The topological polar surface area (TPSA) is 80.0 Å². The maximum atomic E-state index is 12.8. The number of hydrogen-bond donors (Lipinski definition) is 1. The quantitative estimate of drug-likeness (QED) is 0.384. The maximum Gasteiger partial charge on any atom is 0.339 e. The van der Waals surface area contributed by atoms with Crippen molar-refractivity contribution in [2.45, 2.75) is 6.42 Å². The van der Waals surface area contributed by atoms with E-state index in [1.54, 1.807) is 35.2 Å². The first kappa shape index (κ1) is 21.9. The highest BCUT2D eigenvalue weighted by Gasteiger charge is 2.32. The summed E-state index contributed by atoms with van der Waals surface area (Å²) in [6.45, 7) is 0.513. The lowest BCUT2D eigenvalue weighted by Crippen LogP contribution is -2.30. The van der Waals surface area contributed by atoms with Gasteiger partial charge in [0.25, 0.3) is 5.91 Å². The summed E-state index contributed by atoms with van der Waals surface area (Å²) in [6.07, 6.45) is 2.38. The number of rotatable bonds is 7. The van der Waals surface area contributed by atoms with E-state index in [1.165, 1.54) is 24.9 Å². The van der Waals surface area contributed by atoms with Crippen LogP contribution < -0.4 is 4.74 Å². The Morgan fingerprint density at radius 3 is 2.69 bits per heavy atom. The smallest absolute Gasteiger partial charge is 0.339 e. The molecule has 1 amide bonds. The number of benzene rings is 2. The number of amides is 1. The van der Waals surface area contributed by atoms with Gasteiger partial charge in [-0.05, 0) is 42.3 Å². The zero-order valence-corrected chi connectivity index (χ0v) is 18.7. The van der Waals surface area contributed by atoms with Gasteiger partial charge < -0.3 is 14.3 Å². The molecule has 2 aromatic carbocycles. The van der Waals surface area contributed by atoms with Gasteiger partial charge in [0.15, 0.2) is 0 Å². The first-order valence-electron chi connectivity index (χ1n) is 9.77. The average molecular weight is 466 g/mol. The van der Waals surface area contributed by atoms with Crippen molar-refractivity contribution < 1.29 is 23.8 Å². The van der Waals surface area contributed by atoms with E-state index in [-0.39, 0.29) is 17.2 Å². The number of carbonyl (C=O) groups is 2. The minimum Gasteiger partial charge on any atom is -0.496 e. The molecule has 162 valence electrons. The van der Waals surface area contributed by atoms with Gasteiger partial charge in [-0.3, -0.25) is 9.69 Å². The third-order valence-electron chi connectivity index (χ3n) is 4.96. The molecule has 1 aliphatic rings. The highest BCUT2D eigenvalue weighted by atomic mass is 32.2. The van der Waals surface area contributed by atoms with E-state index in [4.69, 9.17) is 21.4 Å². The van der Waals surface area contributed by atoms with Gasteiger partial charge in [0.1, 0.15) is 27.2 Å². The van der Waals surface area contributed by atoms with Crippen LogP contribution in [-0.4, -0.2) is 39.9 Å². The standard InChI is InChI=1S/C24H19NO5S2/c1-29-20-9-7-16(13-18(20)23(27)28)19-10-8-17(30-19)14-21-22(26)25(24(31)32-21)12-11-15-5-3-2-4-6-15/h2-10,13-14H,11-12H2,1H3,(H,27,28)/b21-14-. The molecule has 0 saturated carbocycles. The van der Waals surface area contributed by atoms with Crippen molar-refractivity contribution in [2.24, 2.45) is 0 Å². The molecule has 1 N–H and O–H groups in total. The Hall–Kier alpha value is -3.36. The van der Waals surface area contributed by atoms with Crippen LogP contribution in [0.4, 0.5) is 0 Å². The fraction of sp³-hybridized carbons (Fsp3) is 0.125. The Kier molecular flexibility index (Phi) is 6.43. The Bertz CT molecular complexity index is 1220. The molecule has 1 aromatic heterocycles. The molecule has 6 nitrogen and oxygen atoms in total. The van der Waals surface area contributed by atoms with Gasteiger partial charge in [-0.2, -0.15) is 0 Å². The minimum atomic E-state index is -1.09. The summed E-state index contributed by atoms with van der Waals surface area (Å²) in [7, 11) is 1.42. The van der Waals surface area contributed by atoms with Crippen LogP contribution in [0.15, 0.2) is 70.0 Å². The molecule has 0 atom stereocenters. The van der Waals surface area contributed by atoms with E-state index in [1.807, 2.05) is 30.3 Å². The van der Waals surface area contributed by atoms with Gasteiger partial charge >= 0.3 is 5.97 Å². The van der Waals surface area contributed by atoms with Gasteiger partial charge in [0.05, 0.1) is 12.0 Å². The molecule has 4 rings (SSSR count). The third kappa shape index (κ3) is 4.61. The summed E-state index contributed by atoms with van der Waals surface area (Å²) in [4.78, 5) is 26.4. The predicted molar refractivity (Wildman–Crippen MR) is 128 cm³/mol. The molecule has 8 heteroatoms. The summed E-state index contributed by atoms with van der Waals surface area (Å²) in [5.41, 5.74) is 1.78. The van der Waals surface area contributed by atoms with Crippen LogP contribution in [0.1, 0.15) is 21.7 Å². The number of carbonyl (C=O) groups excluding carboxylic acids is 1. The monoisotopic (exact) mass is 465 g/mol. The molecule has 0 bridgehead atoms. The molecule has 3 aromatic rings. The fourth-order valence-corrected chi connectivity index (χ4v) is 4.61. The number of aromatic carboxylic acids is 1. The molecule has 32 heavy (non-hydrogen) atoms. The van der Waals surface area contributed by atoms with Crippen LogP contribution in [0.25, 0.3) is 17.4 Å². The SMILES string of the molecule is COc1ccc(-c2ccc(/C=C3\SC(=S)N(CCc4ccccc4)C3=O)o2)cc1C(=O)O.